The molecule has 0 saturated carbocycles. The molecule has 174 valence electrons. The molecule has 3 aromatic rings. The molecule has 5 rings (SSSR count). The summed E-state index contributed by atoms with van der Waals surface area (Å²) in [4.78, 5) is 21.6. The molecule has 1 fully saturated rings. The number of hydrogen-bond acceptors (Lipinski definition) is 7. The molecule has 0 unspecified atom stereocenters. The first kappa shape index (κ1) is 21.5. The Morgan fingerprint density at radius 1 is 1.15 bits per heavy atom. The number of hydrogen-bond donors (Lipinski definition) is 1. The van der Waals surface area contributed by atoms with Gasteiger partial charge in [-0.1, -0.05) is 12.1 Å². The number of carbonyl (C=O) groups is 1. The fourth-order valence-corrected chi connectivity index (χ4v) is 4.36. The molecule has 4 bridgehead atoms. The van der Waals surface area contributed by atoms with Crippen LogP contribution in [-0.2, 0) is 4.74 Å². The van der Waals surface area contributed by atoms with E-state index in [0.717, 1.165) is 54.4 Å². The van der Waals surface area contributed by atoms with Crippen LogP contribution in [0.5, 0.6) is 5.75 Å². The number of anilines is 1. The molecule has 9 heteroatoms. The molecule has 0 radical (unpaired) electrons. The molecule has 2 aliphatic heterocycles. The monoisotopic (exact) mass is 450 g/mol. The van der Waals surface area contributed by atoms with Gasteiger partial charge in [0.1, 0.15) is 18.2 Å². The molecule has 2 aromatic heterocycles. The fourth-order valence-electron chi connectivity index (χ4n) is 4.36. The largest absolute Gasteiger partial charge is 0.492 e. The van der Waals surface area contributed by atoms with E-state index in [1.54, 1.807) is 9.42 Å². The average Bonchev–Trinajstić information content (AvgIpc) is 3.50. The third-order valence-corrected chi connectivity index (χ3v) is 6.13. The predicted octanol–water partition coefficient (Wildman–Crippen LogP) is 3.13. The highest BCUT2D eigenvalue weighted by Gasteiger charge is 2.17. The summed E-state index contributed by atoms with van der Waals surface area (Å²) in [5, 5.41) is 7.73. The van der Waals surface area contributed by atoms with Gasteiger partial charge in [-0.05, 0) is 56.1 Å². The number of ether oxygens (including phenoxy) is 2. The quantitative estimate of drug-likeness (QED) is 0.612. The van der Waals surface area contributed by atoms with Crippen LogP contribution in [0.2, 0.25) is 0 Å². The zero-order valence-corrected chi connectivity index (χ0v) is 18.8. The van der Waals surface area contributed by atoms with Crippen molar-refractivity contribution in [3.8, 4) is 16.9 Å². The van der Waals surface area contributed by atoms with Gasteiger partial charge in [0.2, 0.25) is 0 Å². The highest BCUT2D eigenvalue weighted by atomic mass is 16.6. The normalized spacial score (nSPS) is 16.9. The van der Waals surface area contributed by atoms with Crippen molar-refractivity contribution in [3.05, 3.63) is 42.7 Å². The topological polar surface area (TPSA) is 84.2 Å². The van der Waals surface area contributed by atoms with E-state index in [1.807, 2.05) is 42.7 Å². The lowest BCUT2D eigenvalue weighted by atomic mass is 10.1. The minimum absolute atomic E-state index is 0.302. The highest BCUT2D eigenvalue weighted by Crippen LogP contribution is 2.27. The molecule has 1 saturated heterocycles. The maximum Gasteiger partial charge on any atom is 0.409 e. The van der Waals surface area contributed by atoms with Gasteiger partial charge in [-0.15, -0.1) is 0 Å². The van der Waals surface area contributed by atoms with Crippen LogP contribution >= 0.6 is 0 Å². The predicted molar refractivity (Wildman–Crippen MR) is 126 cm³/mol. The minimum Gasteiger partial charge on any atom is -0.492 e. The minimum atomic E-state index is -0.302. The Morgan fingerprint density at radius 3 is 2.97 bits per heavy atom. The van der Waals surface area contributed by atoms with E-state index in [9.17, 15) is 4.79 Å². The molecule has 1 aromatic carbocycles. The Hall–Kier alpha value is -3.33. The maximum atomic E-state index is 12.8. The molecule has 0 spiro atoms. The Kier molecular flexibility index (Phi) is 6.57. The SMILES string of the molecule is O=C(OCCCN1CCCC1)N1CCNc2ccn3ncc(c3n2)-c2cccc(c2)OCC1. The van der Waals surface area contributed by atoms with Gasteiger partial charge in [-0.3, -0.25) is 0 Å². The lowest BCUT2D eigenvalue weighted by Gasteiger charge is -2.23. The van der Waals surface area contributed by atoms with Crippen molar-refractivity contribution in [1.82, 2.24) is 24.4 Å². The third kappa shape index (κ3) is 5.19. The summed E-state index contributed by atoms with van der Waals surface area (Å²) in [5.41, 5.74) is 2.70. The van der Waals surface area contributed by atoms with E-state index < -0.39 is 0 Å². The highest BCUT2D eigenvalue weighted by molar-refractivity contribution is 5.78. The lowest BCUT2D eigenvalue weighted by molar-refractivity contribution is 0.0940. The van der Waals surface area contributed by atoms with Gasteiger partial charge < -0.3 is 24.6 Å². The van der Waals surface area contributed by atoms with Crippen molar-refractivity contribution in [2.75, 3.05) is 57.8 Å². The van der Waals surface area contributed by atoms with E-state index in [4.69, 9.17) is 14.5 Å². The molecule has 0 aliphatic carbocycles. The summed E-state index contributed by atoms with van der Waals surface area (Å²) in [6, 6.07) is 9.75. The van der Waals surface area contributed by atoms with Crippen molar-refractivity contribution >= 4 is 17.6 Å². The number of rotatable bonds is 4. The number of aromatic nitrogens is 3. The number of carbonyl (C=O) groups excluding carboxylic acids is 1. The van der Waals surface area contributed by atoms with Crippen molar-refractivity contribution in [2.24, 2.45) is 0 Å². The molecule has 2 aliphatic rings. The van der Waals surface area contributed by atoms with Crippen molar-refractivity contribution in [2.45, 2.75) is 19.3 Å². The Morgan fingerprint density at radius 2 is 2.06 bits per heavy atom. The summed E-state index contributed by atoms with van der Waals surface area (Å²) in [6.45, 7) is 5.62. The van der Waals surface area contributed by atoms with E-state index in [-0.39, 0.29) is 6.09 Å². The van der Waals surface area contributed by atoms with Crippen LogP contribution in [0.3, 0.4) is 0 Å². The van der Waals surface area contributed by atoms with Gasteiger partial charge in [-0.25, -0.2) is 14.3 Å². The van der Waals surface area contributed by atoms with Gasteiger partial charge in [0.25, 0.3) is 0 Å². The maximum absolute atomic E-state index is 12.8. The van der Waals surface area contributed by atoms with Gasteiger partial charge in [-0.2, -0.15) is 5.10 Å². The fraction of sp³-hybridized carbons (Fsp3) is 0.458. The summed E-state index contributed by atoms with van der Waals surface area (Å²) < 4.78 is 13.3. The third-order valence-electron chi connectivity index (χ3n) is 6.13. The van der Waals surface area contributed by atoms with Crippen LogP contribution in [0.4, 0.5) is 10.6 Å². The second-order valence-corrected chi connectivity index (χ2v) is 8.45. The van der Waals surface area contributed by atoms with Crippen molar-refractivity contribution in [1.29, 1.82) is 0 Å². The Labute approximate surface area is 193 Å². The van der Waals surface area contributed by atoms with Crippen LogP contribution in [0.1, 0.15) is 19.3 Å². The molecule has 33 heavy (non-hydrogen) atoms. The molecule has 1 N–H and O–H groups in total. The van der Waals surface area contributed by atoms with Crippen molar-refractivity contribution < 1.29 is 14.3 Å². The molecular formula is C24H30N6O3. The van der Waals surface area contributed by atoms with Crippen LogP contribution in [0, 0.1) is 0 Å². The van der Waals surface area contributed by atoms with Gasteiger partial charge in [0.05, 0.1) is 19.3 Å². The van der Waals surface area contributed by atoms with Gasteiger partial charge >= 0.3 is 6.09 Å². The van der Waals surface area contributed by atoms with E-state index in [0.29, 0.717) is 32.8 Å². The summed E-state index contributed by atoms with van der Waals surface area (Å²) in [6.07, 6.45) is 6.80. The average molecular weight is 451 g/mol. The van der Waals surface area contributed by atoms with Crippen LogP contribution in [0.15, 0.2) is 42.7 Å². The second kappa shape index (κ2) is 10.1. The first-order chi connectivity index (χ1) is 16.3. The van der Waals surface area contributed by atoms with E-state index in [1.165, 1.54) is 12.8 Å². The van der Waals surface area contributed by atoms with Crippen LogP contribution in [0.25, 0.3) is 16.8 Å². The van der Waals surface area contributed by atoms with E-state index in [2.05, 4.69) is 15.3 Å². The summed E-state index contributed by atoms with van der Waals surface area (Å²) in [5.74, 6) is 1.49. The van der Waals surface area contributed by atoms with Gasteiger partial charge in [0.15, 0.2) is 5.65 Å². The number of amides is 1. The van der Waals surface area contributed by atoms with Gasteiger partial charge in [0, 0.05) is 31.4 Å². The Balaban J connectivity index is 1.26. The standard InChI is InChI=1S/C24H30N6O3/c31-24(33-15-4-11-28-9-1-2-10-28)29-13-8-25-22-7-12-30-23(27-22)21(18-26-30)19-5-3-6-20(17-19)32-16-14-29/h3,5-7,12,17-18H,1-2,4,8-11,13-16H2,(H,25,27). The number of nitrogens with zero attached hydrogens (tertiary/aromatic N) is 5. The first-order valence-electron chi connectivity index (χ1n) is 11.7. The summed E-state index contributed by atoms with van der Waals surface area (Å²) >= 11 is 0. The second-order valence-electron chi connectivity index (χ2n) is 8.45. The molecule has 4 heterocycles. The number of nitrogens with one attached hydrogen (secondary N) is 1. The zero-order valence-electron chi connectivity index (χ0n) is 18.8. The van der Waals surface area contributed by atoms with Crippen LogP contribution < -0.4 is 10.1 Å². The molecule has 0 atom stereocenters. The number of likely N-dealkylation sites (tertiary alicyclic amines) is 1. The summed E-state index contributed by atoms with van der Waals surface area (Å²) in [7, 11) is 0. The molecule has 9 nitrogen and oxygen atoms in total. The number of benzene rings is 1. The molecular weight excluding hydrogens is 420 g/mol. The van der Waals surface area contributed by atoms with Crippen LogP contribution in [-0.4, -0.2) is 83.0 Å². The lowest BCUT2D eigenvalue weighted by Crippen LogP contribution is -2.38. The van der Waals surface area contributed by atoms with Crippen molar-refractivity contribution in [3.63, 3.8) is 0 Å². The zero-order chi connectivity index (χ0) is 22.5. The number of fused-ring (bicyclic) bond motifs is 4. The first-order valence-corrected chi connectivity index (χ1v) is 11.7. The molecule has 1 amide bonds. The van der Waals surface area contributed by atoms with E-state index >= 15 is 0 Å². The Bertz CT molecular complexity index is 1090. The smallest absolute Gasteiger partial charge is 0.409 e.